The molecule has 0 radical (unpaired) electrons. The van der Waals surface area contributed by atoms with Crippen molar-refractivity contribution < 1.29 is 4.74 Å². The van der Waals surface area contributed by atoms with Crippen molar-refractivity contribution in [2.45, 2.75) is 24.3 Å². The third kappa shape index (κ3) is 3.03. The summed E-state index contributed by atoms with van der Waals surface area (Å²) < 4.78 is 7.19. The van der Waals surface area contributed by atoms with E-state index in [1.165, 1.54) is 0 Å². The van der Waals surface area contributed by atoms with E-state index in [0.717, 1.165) is 34.9 Å². The predicted octanol–water partition coefficient (Wildman–Crippen LogP) is 2.13. The third-order valence-electron chi connectivity index (χ3n) is 4.34. The van der Waals surface area contributed by atoms with Gasteiger partial charge >= 0.3 is 0 Å². The summed E-state index contributed by atoms with van der Waals surface area (Å²) in [4.78, 5) is 16.5. The first-order chi connectivity index (χ1) is 11.7. The number of aromatic nitrogens is 3. The summed E-state index contributed by atoms with van der Waals surface area (Å²) in [6.45, 7) is 0.963. The van der Waals surface area contributed by atoms with Gasteiger partial charge in [0.2, 0.25) is 0 Å². The number of rotatable bonds is 3. The Kier molecular flexibility index (Phi) is 4.47. The number of aryl methyl sites for hydroxylation is 1. The van der Waals surface area contributed by atoms with Crippen molar-refractivity contribution in [1.82, 2.24) is 14.8 Å². The van der Waals surface area contributed by atoms with Crippen LogP contribution in [0.15, 0.2) is 29.3 Å². The zero-order valence-corrected chi connectivity index (χ0v) is 14.5. The molecule has 0 saturated carbocycles. The van der Waals surface area contributed by atoms with Crippen LogP contribution < -0.4 is 10.9 Å². The second kappa shape index (κ2) is 6.74. The topological polar surface area (TPSA) is 69.0 Å². The molecule has 0 amide bonds. The highest BCUT2D eigenvalue weighted by Gasteiger charge is 2.32. The fourth-order valence-electron chi connectivity index (χ4n) is 3.08. The second-order valence-electron chi connectivity index (χ2n) is 5.91. The predicted molar refractivity (Wildman–Crippen MR) is 94.9 cm³/mol. The lowest BCUT2D eigenvalue weighted by molar-refractivity contribution is 0.182. The number of thioether (sulfide) groups is 1. The van der Waals surface area contributed by atoms with Crippen LogP contribution in [-0.4, -0.2) is 39.8 Å². The van der Waals surface area contributed by atoms with Crippen LogP contribution in [0.3, 0.4) is 0 Å². The Hall–Kier alpha value is -1.57. The quantitative estimate of drug-likeness (QED) is 0.899. The van der Waals surface area contributed by atoms with Crippen molar-refractivity contribution >= 4 is 29.1 Å². The van der Waals surface area contributed by atoms with Gasteiger partial charge in [-0.15, -0.1) is 0 Å². The average molecular weight is 365 g/mol. The van der Waals surface area contributed by atoms with Crippen molar-refractivity contribution in [2.24, 2.45) is 0 Å². The van der Waals surface area contributed by atoms with Crippen molar-refractivity contribution in [3.05, 3.63) is 51.2 Å². The minimum absolute atomic E-state index is 0.0638. The normalized spacial score (nSPS) is 23.0. The van der Waals surface area contributed by atoms with E-state index in [1.807, 2.05) is 17.8 Å². The molecule has 1 N–H and O–H groups in total. The van der Waals surface area contributed by atoms with Gasteiger partial charge in [0.25, 0.3) is 5.56 Å². The van der Waals surface area contributed by atoms with Gasteiger partial charge in [-0.25, -0.2) is 4.68 Å². The highest BCUT2D eigenvalue weighted by atomic mass is 35.5. The molecule has 24 heavy (non-hydrogen) atoms. The Bertz CT molecular complexity index is 813. The molecule has 126 valence electrons. The van der Waals surface area contributed by atoms with Crippen LogP contribution in [0.25, 0.3) is 0 Å². The maximum Gasteiger partial charge on any atom is 0.267 e. The van der Waals surface area contributed by atoms with E-state index in [2.05, 4.69) is 15.4 Å². The maximum absolute atomic E-state index is 12.5. The molecule has 0 aliphatic carbocycles. The molecule has 0 aromatic carbocycles. The molecule has 4 rings (SSSR count). The average Bonchev–Trinajstić information content (AvgIpc) is 3.04. The largest absolute Gasteiger partial charge is 0.377 e. The Balaban J connectivity index is 1.63. The molecular formula is C16H17ClN4O2S. The first-order valence-corrected chi connectivity index (χ1v) is 9.39. The van der Waals surface area contributed by atoms with Gasteiger partial charge in [-0.1, -0.05) is 11.6 Å². The Morgan fingerprint density at radius 1 is 1.42 bits per heavy atom. The van der Waals surface area contributed by atoms with Crippen molar-refractivity contribution in [2.75, 3.05) is 24.3 Å². The van der Waals surface area contributed by atoms with E-state index in [4.69, 9.17) is 16.3 Å². The summed E-state index contributed by atoms with van der Waals surface area (Å²) in [5, 5.41) is 8.55. The van der Waals surface area contributed by atoms with Gasteiger partial charge in [0.05, 0.1) is 35.7 Å². The lowest BCUT2D eigenvalue weighted by Gasteiger charge is -2.23. The third-order valence-corrected chi connectivity index (χ3v) is 5.65. The zero-order chi connectivity index (χ0) is 16.5. The van der Waals surface area contributed by atoms with Gasteiger partial charge in [-0.3, -0.25) is 9.78 Å². The molecule has 2 aromatic rings. The number of nitrogens with one attached hydrogen (secondary N) is 1. The van der Waals surface area contributed by atoms with Crippen molar-refractivity contribution in [1.29, 1.82) is 0 Å². The SMILES string of the molecule is O=c1cc2c(nn1C1COCC1Nc1ccncc1Cl)CCSC2. The van der Waals surface area contributed by atoms with Crippen LogP contribution >= 0.6 is 23.4 Å². The lowest BCUT2D eigenvalue weighted by Crippen LogP contribution is -2.38. The summed E-state index contributed by atoms with van der Waals surface area (Å²) in [5.74, 6) is 1.92. The number of nitrogens with zero attached hydrogens (tertiary/aromatic N) is 3. The molecule has 6 nitrogen and oxygen atoms in total. The van der Waals surface area contributed by atoms with Gasteiger partial charge in [0, 0.05) is 30.6 Å². The molecule has 2 aliphatic heterocycles. The molecule has 2 aliphatic rings. The van der Waals surface area contributed by atoms with E-state index in [0.29, 0.717) is 18.2 Å². The molecular weight excluding hydrogens is 348 g/mol. The molecule has 2 aromatic heterocycles. The molecule has 2 atom stereocenters. The van der Waals surface area contributed by atoms with Crippen LogP contribution in [0.2, 0.25) is 5.02 Å². The van der Waals surface area contributed by atoms with Crippen LogP contribution in [0.1, 0.15) is 17.3 Å². The molecule has 1 fully saturated rings. The van der Waals surface area contributed by atoms with Gasteiger partial charge in [0.1, 0.15) is 6.04 Å². The summed E-state index contributed by atoms with van der Waals surface area (Å²) in [5.41, 5.74) is 2.81. The van der Waals surface area contributed by atoms with Crippen molar-refractivity contribution in [3.8, 4) is 0 Å². The monoisotopic (exact) mass is 364 g/mol. The summed E-state index contributed by atoms with van der Waals surface area (Å²) in [6, 6.07) is 3.33. The lowest BCUT2D eigenvalue weighted by atomic mass is 10.1. The highest BCUT2D eigenvalue weighted by molar-refractivity contribution is 7.98. The molecule has 1 saturated heterocycles. The number of anilines is 1. The van der Waals surface area contributed by atoms with E-state index < -0.39 is 0 Å². The molecule has 0 bridgehead atoms. The molecule has 4 heterocycles. The van der Waals surface area contributed by atoms with E-state index in [1.54, 1.807) is 23.1 Å². The Morgan fingerprint density at radius 3 is 3.21 bits per heavy atom. The van der Waals surface area contributed by atoms with Crippen LogP contribution in [-0.2, 0) is 16.9 Å². The Morgan fingerprint density at radius 2 is 2.33 bits per heavy atom. The molecule has 0 spiro atoms. The van der Waals surface area contributed by atoms with Gasteiger partial charge in [-0.05, 0) is 17.4 Å². The molecule has 8 heteroatoms. The standard InChI is InChI=1S/C16H17ClN4O2S/c17-11-6-18-3-1-13(11)19-14-7-23-8-15(14)21-16(22)5-10-9-24-4-2-12(10)20-21/h1,3,5-6,14-15H,2,4,7-9H2,(H,18,19). The maximum atomic E-state index is 12.5. The summed E-state index contributed by atoms with van der Waals surface area (Å²) >= 11 is 8.01. The van der Waals surface area contributed by atoms with E-state index >= 15 is 0 Å². The number of ether oxygens (including phenoxy) is 1. The number of pyridine rings is 1. The minimum Gasteiger partial charge on any atom is -0.377 e. The number of fused-ring (bicyclic) bond motifs is 1. The summed E-state index contributed by atoms with van der Waals surface area (Å²) in [7, 11) is 0. The smallest absolute Gasteiger partial charge is 0.267 e. The first kappa shape index (κ1) is 15.9. The second-order valence-corrected chi connectivity index (χ2v) is 7.43. The van der Waals surface area contributed by atoms with E-state index in [9.17, 15) is 4.79 Å². The highest BCUT2D eigenvalue weighted by Crippen LogP contribution is 2.27. The fraction of sp³-hybridized carbons (Fsp3) is 0.438. The Labute approximate surface area is 148 Å². The number of hydrogen-bond acceptors (Lipinski definition) is 6. The minimum atomic E-state index is -0.151. The van der Waals surface area contributed by atoms with Crippen LogP contribution in [0.4, 0.5) is 5.69 Å². The van der Waals surface area contributed by atoms with Gasteiger partial charge < -0.3 is 10.1 Å². The number of hydrogen-bond donors (Lipinski definition) is 1. The van der Waals surface area contributed by atoms with Gasteiger partial charge in [0.15, 0.2) is 0 Å². The van der Waals surface area contributed by atoms with Crippen LogP contribution in [0, 0.1) is 0 Å². The van der Waals surface area contributed by atoms with Crippen LogP contribution in [0.5, 0.6) is 0 Å². The summed E-state index contributed by atoms with van der Waals surface area (Å²) in [6.07, 6.45) is 4.18. The zero-order valence-electron chi connectivity index (χ0n) is 12.9. The van der Waals surface area contributed by atoms with E-state index in [-0.39, 0.29) is 17.6 Å². The fourth-order valence-corrected chi connectivity index (χ4v) is 4.21. The van der Waals surface area contributed by atoms with Crippen molar-refractivity contribution in [3.63, 3.8) is 0 Å². The first-order valence-electron chi connectivity index (χ1n) is 7.85. The molecule has 2 unspecified atom stereocenters. The van der Waals surface area contributed by atoms with Gasteiger partial charge in [-0.2, -0.15) is 16.9 Å². The number of halogens is 1.